The van der Waals surface area contributed by atoms with Gasteiger partial charge in [-0.15, -0.1) is 0 Å². The van der Waals surface area contributed by atoms with Crippen LogP contribution in [0.15, 0.2) is 79.0 Å². The molecule has 8 nitrogen and oxygen atoms in total. The molecule has 5 rings (SSSR count). The van der Waals surface area contributed by atoms with Gasteiger partial charge in [0.15, 0.2) is 0 Å². The van der Waals surface area contributed by atoms with Crippen molar-refractivity contribution < 1.29 is 40.9 Å². The molecular formula is C31H24F6N4O4. The first-order chi connectivity index (χ1) is 21.2. The fourth-order valence-corrected chi connectivity index (χ4v) is 5.36. The third kappa shape index (κ3) is 6.84. The van der Waals surface area contributed by atoms with Gasteiger partial charge >= 0.3 is 12.4 Å². The maximum atomic E-state index is 13.7. The lowest BCUT2D eigenvalue weighted by Crippen LogP contribution is -2.57. The number of nitro groups is 1. The maximum absolute atomic E-state index is 13.7. The van der Waals surface area contributed by atoms with Crippen LogP contribution < -0.4 is 0 Å². The summed E-state index contributed by atoms with van der Waals surface area (Å²) in [4.78, 5) is 43.2. The van der Waals surface area contributed by atoms with E-state index in [1.54, 1.807) is 24.4 Å². The number of H-pyrrole nitrogens is 1. The number of alkyl halides is 6. The van der Waals surface area contributed by atoms with E-state index in [0.717, 1.165) is 22.5 Å². The molecule has 2 amide bonds. The molecule has 0 aliphatic carbocycles. The highest BCUT2D eigenvalue weighted by atomic mass is 19.4. The lowest BCUT2D eigenvalue weighted by Gasteiger charge is -2.41. The zero-order chi connectivity index (χ0) is 32.5. The number of aromatic amines is 1. The molecule has 0 radical (unpaired) electrons. The van der Waals surface area contributed by atoms with Crippen molar-refractivity contribution in [3.63, 3.8) is 0 Å². The topological polar surface area (TPSA) is 99.5 Å². The highest BCUT2D eigenvalue weighted by Crippen LogP contribution is 2.37. The van der Waals surface area contributed by atoms with Crippen molar-refractivity contribution in [2.24, 2.45) is 0 Å². The number of nitro benzene ring substituents is 1. The van der Waals surface area contributed by atoms with E-state index in [1.807, 2.05) is 12.1 Å². The number of halogens is 6. The van der Waals surface area contributed by atoms with E-state index < -0.39 is 51.8 Å². The predicted octanol–water partition coefficient (Wildman–Crippen LogP) is 6.72. The van der Waals surface area contributed by atoms with E-state index in [-0.39, 0.29) is 43.4 Å². The first-order valence-corrected chi connectivity index (χ1v) is 13.6. The summed E-state index contributed by atoms with van der Waals surface area (Å²) >= 11 is 0. The Morgan fingerprint density at radius 1 is 0.933 bits per heavy atom. The van der Waals surface area contributed by atoms with Crippen LogP contribution in [0, 0.1) is 10.1 Å². The number of hydrogen-bond acceptors (Lipinski definition) is 4. The Kier molecular flexibility index (Phi) is 8.41. The Labute approximate surface area is 251 Å². The highest BCUT2D eigenvalue weighted by Gasteiger charge is 2.39. The van der Waals surface area contributed by atoms with Crippen LogP contribution in [0.25, 0.3) is 17.0 Å². The van der Waals surface area contributed by atoms with Crippen LogP contribution in [-0.4, -0.2) is 57.2 Å². The maximum Gasteiger partial charge on any atom is 0.416 e. The van der Waals surface area contributed by atoms with Gasteiger partial charge in [-0.05, 0) is 48.4 Å². The number of carbonyl (C=O) groups excluding carboxylic acids is 2. The van der Waals surface area contributed by atoms with E-state index in [9.17, 15) is 46.0 Å². The van der Waals surface area contributed by atoms with Crippen molar-refractivity contribution >= 4 is 34.5 Å². The zero-order valence-corrected chi connectivity index (χ0v) is 23.2. The minimum absolute atomic E-state index is 0.0414. The standard InChI is InChI=1S/C31H24F6N4O4/c32-30(33,34)22-13-20(14-23(16-22)31(35,36)37)29(43)40-12-11-39(28(42)10-9-19-5-1-4-8-27(19)41(44)45)18-24(40)15-21-17-38-26-7-3-2-6-25(21)26/h1-10,13-14,16-17,24,38H,11-12,15,18H2. The average molecular weight is 631 g/mol. The minimum atomic E-state index is -5.13. The van der Waals surface area contributed by atoms with Crippen molar-refractivity contribution in [1.29, 1.82) is 0 Å². The van der Waals surface area contributed by atoms with Gasteiger partial charge in [-0.3, -0.25) is 19.7 Å². The van der Waals surface area contributed by atoms with Gasteiger partial charge in [0.05, 0.1) is 27.7 Å². The number of piperazine rings is 1. The molecule has 234 valence electrons. The van der Waals surface area contributed by atoms with E-state index in [4.69, 9.17) is 0 Å². The monoisotopic (exact) mass is 630 g/mol. The number of para-hydroxylation sites is 2. The Bertz CT molecular complexity index is 1760. The molecule has 1 atom stereocenters. The van der Waals surface area contributed by atoms with Crippen molar-refractivity contribution in [2.45, 2.75) is 24.8 Å². The van der Waals surface area contributed by atoms with Gasteiger partial charge in [0, 0.05) is 54.4 Å². The Hall–Kier alpha value is -5.14. The summed E-state index contributed by atoms with van der Waals surface area (Å²) in [6, 6.07) is 12.9. The molecule has 4 aromatic rings. The Morgan fingerprint density at radius 2 is 1.58 bits per heavy atom. The van der Waals surface area contributed by atoms with Gasteiger partial charge in [0.25, 0.3) is 11.6 Å². The summed E-state index contributed by atoms with van der Waals surface area (Å²) in [5.41, 5.74) is -2.53. The molecule has 1 saturated heterocycles. The number of aromatic nitrogens is 1. The number of amides is 2. The first-order valence-electron chi connectivity index (χ1n) is 13.6. The van der Waals surface area contributed by atoms with Crippen LogP contribution in [-0.2, 0) is 23.6 Å². The molecule has 3 aromatic carbocycles. The smallest absolute Gasteiger partial charge is 0.361 e. The fraction of sp³-hybridized carbons (Fsp3) is 0.226. The summed E-state index contributed by atoms with van der Waals surface area (Å²) < 4.78 is 81.2. The summed E-state index contributed by atoms with van der Waals surface area (Å²) in [6.45, 7) is -0.369. The largest absolute Gasteiger partial charge is 0.416 e. The number of rotatable bonds is 6. The molecule has 14 heteroatoms. The molecule has 45 heavy (non-hydrogen) atoms. The number of fused-ring (bicyclic) bond motifs is 1. The van der Waals surface area contributed by atoms with Crippen molar-refractivity contribution in [3.05, 3.63) is 117 Å². The number of nitrogens with one attached hydrogen (secondary N) is 1. The highest BCUT2D eigenvalue weighted by molar-refractivity contribution is 5.96. The molecule has 1 aromatic heterocycles. The molecule has 1 unspecified atom stereocenters. The lowest BCUT2D eigenvalue weighted by molar-refractivity contribution is -0.385. The number of benzene rings is 3. The second kappa shape index (κ2) is 12.1. The summed E-state index contributed by atoms with van der Waals surface area (Å²) in [7, 11) is 0. The summed E-state index contributed by atoms with van der Waals surface area (Å²) in [6.07, 6.45) is -6.03. The zero-order valence-electron chi connectivity index (χ0n) is 23.2. The van der Waals surface area contributed by atoms with Crippen LogP contribution in [0.5, 0.6) is 0 Å². The van der Waals surface area contributed by atoms with Crippen LogP contribution in [0.2, 0.25) is 0 Å². The van der Waals surface area contributed by atoms with Crippen LogP contribution >= 0.6 is 0 Å². The molecular weight excluding hydrogens is 606 g/mol. The van der Waals surface area contributed by atoms with E-state index in [0.29, 0.717) is 12.1 Å². The third-order valence-electron chi connectivity index (χ3n) is 7.56. The third-order valence-corrected chi connectivity index (χ3v) is 7.56. The predicted molar refractivity (Wildman–Crippen MR) is 152 cm³/mol. The Balaban J connectivity index is 1.47. The molecule has 0 saturated carbocycles. The van der Waals surface area contributed by atoms with Gasteiger partial charge in [-0.1, -0.05) is 30.3 Å². The average Bonchev–Trinajstić information content (AvgIpc) is 3.41. The van der Waals surface area contributed by atoms with E-state index in [2.05, 4.69) is 4.98 Å². The Morgan fingerprint density at radius 3 is 2.24 bits per heavy atom. The quantitative estimate of drug-likeness (QED) is 0.111. The molecule has 0 spiro atoms. The van der Waals surface area contributed by atoms with Crippen molar-refractivity contribution in [2.75, 3.05) is 19.6 Å². The molecule has 1 N–H and O–H groups in total. The second-order valence-electron chi connectivity index (χ2n) is 10.4. The SMILES string of the molecule is O=C(C=Cc1ccccc1[N+](=O)[O-])N1CCN(C(=O)c2cc(C(F)(F)F)cc(C(F)(F)F)c2)C(Cc2c[nH]c3ccccc23)C1. The summed E-state index contributed by atoms with van der Waals surface area (Å²) in [5.74, 6) is -1.58. The molecule has 1 aliphatic heterocycles. The van der Waals surface area contributed by atoms with E-state index in [1.165, 1.54) is 34.1 Å². The molecule has 0 bridgehead atoms. The van der Waals surface area contributed by atoms with Crippen molar-refractivity contribution in [3.8, 4) is 0 Å². The van der Waals surface area contributed by atoms with Crippen LogP contribution in [0.1, 0.15) is 32.6 Å². The summed E-state index contributed by atoms with van der Waals surface area (Å²) in [5, 5.41) is 12.1. The number of carbonyl (C=O) groups is 2. The van der Waals surface area contributed by atoms with Crippen molar-refractivity contribution in [1.82, 2.24) is 14.8 Å². The van der Waals surface area contributed by atoms with Crippen LogP contribution in [0.3, 0.4) is 0 Å². The van der Waals surface area contributed by atoms with Gasteiger partial charge in [-0.2, -0.15) is 26.3 Å². The van der Waals surface area contributed by atoms with Crippen LogP contribution in [0.4, 0.5) is 32.0 Å². The second-order valence-corrected chi connectivity index (χ2v) is 10.4. The first kappa shape index (κ1) is 31.3. The lowest BCUT2D eigenvalue weighted by atomic mass is 9.98. The number of nitrogens with zero attached hydrogens (tertiary/aromatic N) is 3. The van der Waals surface area contributed by atoms with Gasteiger partial charge in [0.1, 0.15) is 0 Å². The van der Waals surface area contributed by atoms with Gasteiger partial charge in [-0.25, -0.2) is 0 Å². The molecule has 1 fully saturated rings. The van der Waals surface area contributed by atoms with Gasteiger partial charge in [0.2, 0.25) is 5.91 Å². The molecule has 2 heterocycles. The number of hydrogen-bond donors (Lipinski definition) is 1. The fourth-order valence-electron chi connectivity index (χ4n) is 5.36. The molecule has 1 aliphatic rings. The van der Waals surface area contributed by atoms with Gasteiger partial charge < -0.3 is 14.8 Å². The normalized spacial score (nSPS) is 16.0. The minimum Gasteiger partial charge on any atom is -0.361 e. The van der Waals surface area contributed by atoms with E-state index >= 15 is 0 Å².